The number of aromatic amines is 1. The van der Waals surface area contributed by atoms with Gasteiger partial charge >= 0.3 is 0 Å². The van der Waals surface area contributed by atoms with Crippen LogP contribution in [0.2, 0.25) is 0 Å². The number of carbonyl (C=O) groups is 1. The number of amides is 1. The molecule has 0 aliphatic heterocycles. The maximum absolute atomic E-state index is 12.8. The van der Waals surface area contributed by atoms with E-state index < -0.39 is 0 Å². The first-order valence-corrected chi connectivity index (χ1v) is 7.70. The van der Waals surface area contributed by atoms with Gasteiger partial charge in [-0.25, -0.2) is 0 Å². The minimum atomic E-state index is 0.0888. The molecule has 2 unspecified atom stereocenters. The van der Waals surface area contributed by atoms with Gasteiger partial charge in [-0.3, -0.25) is 4.79 Å². The molecule has 1 saturated carbocycles. The van der Waals surface area contributed by atoms with Gasteiger partial charge in [-0.1, -0.05) is 19.8 Å². The second-order valence-corrected chi connectivity index (χ2v) is 6.35. The van der Waals surface area contributed by atoms with Gasteiger partial charge in [0.25, 0.3) is 5.91 Å². The van der Waals surface area contributed by atoms with Crippen LogP contribution in [0.1, 0.15) is 43.0 Å². The zero-order chi connectivity index (χ0) is 15.0. The molecule has 0 radical (unpaired) electrons. The Morgan fingerprint density at radius 2 is 2.19 bits per heavy atom. The Morgan fingerprint density at radius 1 is 1.38 bits per heavy atom. The Bertz CT molecular complexity index is 661. The molecule has 0 spiro atoms. The SMILES string of the molecule is CC1CCCC(N(C)C(=O)c2c[nH]c3ccc(N)cc23)C1. The average molecular weight is 285 g/mol. The van der Waals surface area contributed by atoms with Gasteiger partial charge in [-0.15, -0.1) is 0 Å². The van der Waals surface area contributed by atoms with Gasteiger partial charge in [0, 0.05) is 35.9 Å². The molecular weight excluding hydrogens is 262 g/mol. The molecule has 21 heavy (non-hydrogen) atoms. The molecule has 3 N–H and O–H groups in total. The second kappa shape index (κ2) is 5.43. The molecular formula is C17H23N3O. The molecule has 1 aromatic carbocycles. The lowest BCUT2D eigenvalue weighted by Crippen LogP contribution is -2.39. The lowest BCUT2D eigenvalue weighted by Gasteiger charge is -2.34. The fraction of sp³-hybridized carbons (Fsp3) is 0.471. The van der Waals surface area contributed by atoms with Crippen LogP contribution >= 0.6 is 0 Å². The van der Waals surface area contributed by atoms with Gasteiger partial charge in [0.05, 0.1) is 5.56 Å². The molecule has 1 aromatic heterocycles. The lowest BCUT2D eigenvalue weighted by atomic mass is 9.86. The van der Waals surface area contributed by atoms with E-state index in [1.54, 1.807) is 6.20 Å². The summed E-state index contributed by atoms with van der Waals surface area (Å²) in [6.07, 6.45) is 6.51. The van der Waals surface area contributed by atoms with E-state index >= 15 is 0 Å². The normalized spacial score (nSPS) is 22.4. The van der Waals surface area contributed by atoms with Crippen molar-refractivity contribution >= 4 is 22.5 Å². The van der Waals surface area contributed by atoms with E-state index in [1.165, 1.54) is 12.8 Å². The lowest BCUT2D eigenvalue weighted by molar-refractivity contribution is 0.0674. The van der Waals surface area contributed by atoms with Crippen LogP contribution in [0.5, 0.6) is 0 Å². The number of benzene rings is 1. The van der Waals surface area contributed by atoms with Crippen LogP contribution in [-0.4, -0.2) is 28.9 Å². The van der Waals surface area contributed by atoms with Crippen molar-refractivity contribution in [1.29, 1.82) is 0 Å². The Morgan fingerprint density at radius 3 is 2.95 bits per heavy atom. The third-order valence-electron chi connectivity index (χ3n) is 4.71. The fourth-order valence-electron chi connectivity index (χ4n) is 3.42. The van der Waals surface area contributed by atoms with E-state index in [0.29, 0.717) is 17.6 Å². The molecule has 1 amide bonds. The van der Waals surface area contributed by atoms with Crippen molar-refractivity contribution < 1.29 is 4.79 Å². The Labute approximate surface area is 125 Å². The van der Waals surface area contributed by atoms with Crippen LogP contribution in [0.25, 0.3) is 10.9 Å². The number of hydrogen-bond acceptors (Lipinski definition) is 2. The molecule has 2 aromatic rings. The molecule has 1 heterocycles. The number of nitrogen functional groups attached to an aromatic ring is 1. The van der Waals surface area contributed by atoms with E-state index in [0.717, 1.165) is 29.3 Å². The summed E-state index contributed by atoms with van der Waals surface area (Å²) in [7, 11) is 1.93. The molecule has 2 atom stereocenters. The number of nitrogens with two attached hydrogens (primary N) is 1. The number of hydrogen-bond donors (Lipinski definition) is 2. The van der Waals surface area contributed by atoms with E-state index in [1.807, 2.05) is 30.1 Å². The first kappa shape index (κ1) is 14.0. The highest BCUT2D eigenvalue weighted by Gasteiger charge is 2.27. The van der Waals surface area contributed by atoms with E-state index in [4.69, 9.17) is 5.73 Å². The number of rotatable bonds is 2. The molecule has 0 bridgehead atoms. The zero-order valence-electron chi connectivity index (χ0n) is 12.7. The monoisotopic (exact) mass is 285 g/mol. The summed E-state index contributed by atoms with van der Waals surface area (Å²) in [5.74, 6) is 0.795. The Balaban J connectivity index is 1.87. The summed E-state index contributed by atoms with van der Waals surface area (Å²) in [5, 5.41) is 0.913. The maximum Gasteiger partial charge on any atom is 0.256 e. The van der Waals surface area contributed by atoms with Crippen LogP contribution in [0.4, 0.5) is 5.69 Å². The molecule has 112 valence electrons. The standard InChI is InChI=1S/C17H23N3O/c1-11-4-3-5-13(8-11)20(2)17(21)15-10-19-16-7-6-12(18)9-14(15)16/h6-7,9-11,13,19H,3-5,8,18H2,1-2H3. The highest BCUT2D eigenvalue weighted by atomic mass is 16.2. The van der Waals surface area contributed by atoms with Crippen molar-refractivity contribution in [3.05, 3.63) is 30.0 Å². The van der Waals surface area contributed by atoms with Crippen molar-refractivity contribution in [2.75, 3.05) is 12.8 Å². The molecule has 3 rings (SSSR count). The average Bonchev–Trinajstić information content (AvgIpc) is 2.88. The summed E-state index contributed by atoms with van der Waals surface area (Å²) < 4.78 is 0. The third kappa shape index (κ3) is 2.62. The molecule has 1 aliphatic rings. The smallest absolute Gasteiger partial charge is 0.256 e. The maximum atomic E-state index is 12.8. The number of nitrogens with zero attached hydrogens (tertiary/aromatic N) is 1. The second-order valence-electron chi connectivity index (χ2n) is 6.35. The number of anilines is 1. The van der Waals surface area contributed by atoms with Crippen LogP contribution in [0.15, 0.2) is 24.4 Å². The van der Waals surface area contributed by atoms with Crippen LogP contribution in [-0.2, 0) is 0 Å². The Hall–Kier alpha value is -1.97. The van der Waals surface area contributed by atoms with Crippen molar-refractivity contribution in [2.24, 2.45) is 5.92 Å². The van der Waals surface area contributed by atoms with E-state index in [-0.39, 0.29) is 5.91 Å². The topological polar surface area (TPSA) is 62.1 Å². The predicted molar refractivity (Wildman–Crippen MR) is 86.2 cm³/mol. The van der Waals surface area contributed by atoms with Crippen LogP contribution < -0.4 is 5.73 Å². The summed E-state index contributed by atoms with van der Waals surface area (Å²) in [5.41, 5.74) is 8.21. The molecule has 0 saturated heterocycles. The van der Waals surface area contributed by atoms with E-state index in [2.05, 4.69) is 11.9 Å². The van der Waals surface area contributed by atoms with E-state index in [9.17, 15) is 4.79 Å². The first-order valence-electron chi connectivity index (χ1n) is 7.70. The first-order chi connectivity index (χ1) is 10.1. The third-order valence-corrected chi connectivity index (χ3v) is 4.71. The summed E-state index contributed by atoms with van der Waals surface area (Å²) >= 11 is 0. The molecule has 1 fully saturated rings. The minimum Gasteiger partial charge on any atom is -0.399 e. The number of fused-ring (bicyclic) bond motifs is 1. The van der Waals surface area contributed by atoms with Crippen molar-refractivity contribution in [1.82, 2.24) is 9.88 Å². The molecule has 1 aliphatic carbocycles. The summed E-state index contributed by atoms with van der Waals surface area (Å²) in [4.78, 5) is 17.9. The largest absolute Gasteiger partial charge is 0.399 e. The van der Waals surface area contributed by atoms with Gasteiger partial charge in [0.15, 0.2) is 0 Å². The van der Waals surface area contributed by atoms with Crippen molar-refractivity contribution in [3.63, 3.8) is 0 Å². The number of H-pyrrole nitrogens is 1. The summed E-state index contributed by atoms with van der Waals surface area (Å²) in [6, 6.07) is 5.99. The van der Waals surface area contributed by atoms with Gasteiger partial charge in [-0.05, 0) is 37.0 Å². The minimum absolute atomic E-state index is 0.0888. The van der Waals surface area contributed by atoms with Gasteiger partial charge < -0.3 is 15.6 Å². The molecule has 4 heteroatoms. The van der Waals surface area contributed by atoms with Gasteiger partial charge in [0.1, 0.15) is 0 Å². The number of aromatic nitrogens is 1. The van der Waals surface area contributed by atoms with Crippen molar-refractivity contribution in [2.45, 2.75) is 38.6 Å². The van der Waals surface area contributed by atoms with Crippen LogP contribution in [0.3, 0.4) is 0 Å². The number of carbonyl (C=O) groups excluding carboxylic acids is 1. The highest BCUT2D eigenvalue weighted by molar-refractivity contribution is 6.07. The van der Waals surface area contributed by atoms with Gasteiger partial charge in [-0.2, -0.15) is 0 Å². The zero-order valence-corrected chi connectivity index (χ0v) is 12.7. The molecule has 4 nitrogen and oxygen atoms in total. The predicted octanol–water partition coefficient (Wildman–Crippen LogP) is 3.40. The summed E-state index contributed by atoms with van der Waals surface area (Å²) in [6.45, 7) is 2.27. The van der Waals surface area contributed by atoms with Crippen LogP contribution in [0, 0.1) is 5.92 Å². The quantitative estimate of drug-likeness (QED) is 0.831. The van der Waals surface area contributed by atoms with Gasteiger partial charge in [0.2, 0.25) is 0 Å². The fourth-order valence-corrected chi connectivity index (χ4v) is 3.42. The Kier molecular flexibility index (Phi) is 3.62. The number of nitrogens with one attached hydrogen (secondary N) is 1. The highest BCUT2D eigenvalue weighted by Crippen LogP contribution is 2.29. The van der Waals surface area contributed by atoms with Crippen molar-refractivity contribution in [3.8, 4) is 0 Å².